The molecule has 0 unspecified atom stereocenters. The van der Waals surface area contributed by atoms with Crippen LogP contribution >= 0.6 is 0 Å². The van der Waals surface area contributed by atoms with Crippen molar-refractivity contribution < 1.29 is 4.92 Å². The van der Waals surface area contributed by atoms with Crippen molar-refractivity contribution >= 4 is 5.69 Å². The van der Waals surface area contributed by atoms with E-state index in [0.717, 1.165) is 12.0 Å². The largest absolute Gasteiger partial charge is 0.287 e. The Hall–Kier alpha value is -1.89. The highest BCUT2D eigenvalue weighted by molar-refractivity contribution is 5.50. The third kappa shape index (κ3) is 2.78. The molecule has 1 rings (SSSR count). The molecule has 0 aromatic heterocycles. The van der Waals surface area contributed by atoms with Crippen molar-refractivity contribution in [3.63, 3.8) is 0 Å². The first-order chi connectivity index (χ1) is 7.04. The van der Waals surface area contributed by atoms with E-state index in [1.165, 1.54) is 6.07 Å². The molecule has 0 radical (unpaired) electrons. The van der Waals surface area contributed by atoms with E-state index < -0.39 is 4.92 Å². The fourth-order valence-electron chi connectivity index (χ4n) is 1.43. The van der Waals surface area contributed by atoms with Crippen LogP contribution in [0.2, 0.25) is 0 Å². The van der Waals surface area contributed by atoms with Crippen LogP contribution in [0.25, 0.3) is 0 Å². The Morgan fingerprint density at radius 3 is 2.67 bits per heavy atom. The van der Waals surface area contributed by atoms with Gasteiger partial charge in [-0.3, -0.25) is 10.1 Å². The highest BCUT2D eigenvalue weighted by atomic mass is 16.6. The summed E-state index contributed by atoms with van der Waals surface area (Å²) in [5.74, 6) is 0.470. The molecule has 0 aliphatic heterocycles. The van der Waals surface area contributed by atoms with Gasteiger partial charge in [-0.2, -0.15) is 5.26 Å². The molecule has 0 spiro atoms. The SMILES string of the molecule is CC(C)Cc1ccc([N+](=O)[O-])c(C#N)c1. The monoisotopic (exact) mass is 204 g/mol. The minimum Gasteiger partial charge on any atom is -0.258 e. The van der Waals surface area contributed by atoms with Gasteiger partial charge in [0.05, 0.1) is 4.92 Å². The van der Waals surface area contributed by atoms with Crippen molar-refractivity contribution in [3.05, 3.63) is 39.4 Å². The fraction of sp³-hybridized carbons (Fsp3) is 0.364. The Bertz CT molecular complexity index is 419. The molecule has 0 N–H and O–H groups in total. The van der Waals surface area contributed by atoms with Crippen LogP contribution in [0.4, 0.5) is 5.69 Å². The second-order valence-corrected chi connectivity index (χ2v) is 3.82. The van der Waals surface area contributed by atoms with Crippen LogP contribution in [-0.4, -0.2) is 4.92 Å². The average Bonchev–Trinajstić information content (AvgIpc) is 2.16. The summed E-state index contributed by atoms with van der Waals surface area (Å²) in [6.45, 7) is 4.13. The summed E-state index contributed by atoms with van der Waals surface area (Å²) >= 11 is 0. The van der Waals surface area contributed by atoms with Crippen LogP contribution in [0.1, 0.15) is 25.0 Å². The third-order valence-corrected chi connectivity index (χ3v) is 2.02. The maximum Gasteiger partial charge on any atom is 0.287 e. The maximum absolute atomic E-state index is 10.6. The second kappa shape index (κ2) is 4.56. The fourth-order valence-corrected chi connectivity index (χ4v) is 1.43. The van der Waals surface area contributed by atoms with Gasteiger partial charge in [0, 0.05) is 6.07 Å². The molecule has 0 fully saturated rings. The van der Waals surface area contributed by atoms with E-state index in [1.54, 1.807) is 12.1 Å². The predicted octanol–water partition coefficient (Wildman–Crippen LogP) is 2.66. The molecule has 0 atom stereocenters. The number of nitro benzene ring substituents is 1. The first-order valence-corrected chi connectivity index (χ1v) is 4.72. The molecule has 4 heteroatoms. The first kappa shape index (κ1) is 11.2. The summed E-state index contributed by atoms with van der Waals surface area (Å²) in [6, 6.07) is 6.55. The minimum absolute atomic E-state index is 0.120. The van der Waals surface area contributed by atoms with Crippen LogP contribution in [0.3, 0.4) is 0 Å². The Balaban J connectivity index is 3.09. The molecule has 1 aromatic carbocycles. The van der Waals surface area contributed by atoms with Crippen molar-refractivity contribution in [3.8, 4) is 6.07 Å². The van der Waals surface area contributed by atoms with Crippen LogP contribution in [0, 0.1) is 27.4 Å². The van der Waals surface area contributed by atoms with E-state index in [1.807, 2.05) is 6.07 Å². The molecule has 0 saturated heterocycles. The lowest BCUT2D eigenvalue weighted by molar-refractivity contribution is -0.385. The van der Waals surface area contributed by atoms with Gasteiger partial charge in [-0.15, -0.1) is 0 Å². The molecule has 0 aliphatic rings. The Morgan fingerprint density at radius 2 is 2.20 bits per heavy atom. The zero-order valence-electron chi connectivity index (χ0n) is 8.73. The van der Waals surface area contributed by atoms with Gasteiger partial charge in [-0.1, -0.05) is 19.9 Å². The van der Waals surface area contributed by atoms with Gasteiger partial charge in [-0.25, -0.2) is 0 Å². The van der Waals surface area contributed by atoms with E-state index in [-0.39, 0.29) is 11.3 Å². The zero-order valence-corrected chi connectivity index (χ0v) is 8.73. The summed E-state index contributed by atoms with van der Waals surface area (Å²) in [5.41, 5.74) is 0.982. The summed E-state index contributed by atoms with van der Waals surface area (Å²) < 4.78 is 0. The summed E-state index contributed by atoms with van der Waals surface area (Å²) in [4.78, 5) is 10.0. The normalized spacial score (nSPS) is 10.0. The molecule has 0 heterocycles. The van der Waals surface area contributed by atoms with Crippen molar-refractivity contribution in [2.24, 2.45) is 5.92 Å². The van der Waals surface area contributed by atoms with Crippen LogP contribution in [0.5, 0.6) is 0 Å². The molecule has 15 heavy (non-hydrogen) atoms. The van der Waals surface area contributed by atoms with E-state index in [4.69, 9.17) is 5.26 Å². The molecule has 1 aromatic rings. The van der Waals surface area contributed by atoms with Crippen molar-refractivity contribution in [2.45, 2.75) is 20.3 Å². The predicted molar refractivity (Wildman–Crippen MR) is 56.4 cm³/mol. The van der Waals surface area contributed by atoms with Crippen molar-refractivity contribution in [2.75, 3.05) is 0 Å². The lowest BCUT2D eigenvalue weighted by atomic mass is 10.0. The third-order valence-electron chi connectivity index (χ3n) is 2.02. The number of hydrogen-bond donors (Lipinski definition) is 0. The number of benzene rings is 1. The van der Waals surface area contributed by atoms with Crippen LogP contribution < -0.4 is 0 Å². The van der Waals surface area contributed by atoms with Crippen LogP contribution in [-0.2, 0) is 6.42 Å². The first-order valence-electron chi connectivity index (χ1n) is 4.72. The molecule has 0 bridgehead atoms. The number of rotatable bonds is 3. The number of nitro groups is 1. The number of hydrogen-bond acceptors (Lipinski definition) is 3. The van der Waals surface area contributed by atoms with E-state index in [9.17, 15) is 10.1 Å². The smallest absolute Gasteiger partial charge is 0.258 e. The molecule has 0 aliphatic carbocycles. The molecule has 0 amide bonds. The quantitative estimate of drug-likeness (QED) is 0.561. The van der Waals surface area contributed by atoms with Crippen molar-refractivity contribution in [1.82, 2.24) is 0 Å². The Morgan fingerprint density at radius 1 is 1.53 bits per heavy atom. The summed E-state index contributed by atoms with van der Waals surface area (Å²) in [6.07, 6.45) is 0.826. The lowest BCUT2D eigenvalue weighted by Gasteiger charge is -2.04. The molecule has 4 nitrogen and oxygen atoms in total. The lowest BCUT2D eigenvalue weighted by Crippen LogP contribution is -1.97. The highest BCUT2D eigenvalue weighted by Gasteiger charge is 2.13. The number of nitrogens with zero attached hydrogens (tertiary/aromatic N) is 2. The highest BCUT2D eigenvalue weighted by Crippen LogP contribution is 2.20. The van der Waals surface area contributed by atoms with Crippen molar-refractivity contribution in [1.29, 1.82) is 5.26 Å². The van der Waals surface area contributed by atoms with Crippen LogP contribution in [0.15, 0.2) is 18.2 Å². The molecule has 78 valence electrons. The van der Waals surface area contributed by atoms with Gasteiger partial charge in [0.2, 0.25) is 0 Å². The average molecular weight is 204 g/mol. The summed E-state index contributed by atoms with van der Waals surface area (Å²) in [5, 5.41) is 19.3. The van der Waals surface area contributed by atoms with E-state index in [0.29, 0.717) is 5.92 Å². The minimum atomic E-state index is -0.530. The topological polar surface area (TPSA) is 66.9 Å². The van der Waals surface area contributed by atoms with E-state index in [2.05, 4.69) is 13.8 Å². The zero-order chi connectivity index (χ0) is 11.4. The number of nitriles is 1. The van der Waals surface area contributed by atoms with Gasteiger partial charge >= 0.3 is 0 Å². The maximum atomic E-state index is 10.6. The summed E-state index contributed by atoms with van der Waals surface area (Å²) in [7, 11) is 0. The molecule has 0 saturated carbocycles. The standard InChI is InChI=1S/C11H12N2O2/c1-8(2)5-9-3-4-11(13(14)15)10(6-9)7-12/h3-4,6,8H,5H2,1-2H3. The van der Waals surface area contributed by atoms with Gasteiger partial charge in [0.1, 0.15) is 11.6 Å². The van der Waals surface area contributed by atoms with Gasteiger partial charge in [0.25, 0.3) is 5.69 Å². The van der Waals surface area contributed by atoms with Gasteiger partial charge in [0.15, 0.2) is 0 Å². The Labute approximate surface area is 88.3 Å². The van der Waals surface area contributed by atoms with Gasteiger partial charge < -0.3 is 0 Å². The second-order valence-electron chi connectivity index (χ2n) is 3.82. The molecular formula is C11H12N2O2. The molecular weight excluding hydrogens is 192 g/mol. The Kier molecular flexibility index (Phi) is 3.40. The van der Waals surface area contributed by atoms with E-state index >= 15 is 0 Å². The van der Waals surface area contributed by atoms with Gasteiger partial charge in [-0.05, 0) is 24.0 Å².